The molecule has 3 aliphatic heterocycles. The quantitative estimate of drug-likeness (QED) is 0.0517. The number of Topliss-reactive ketones (excluding diaryl/α,β-unsaturated/α-hetero) is 1. The summed E-state index contributed by atoms with van der Waals surface area (Å²) in [5.41, 5.74) is 7.08. The summed E-state index contributed by atoms with van der Waals surface area (Å²) in [6.45, 7) is 30.4. The third-order valence-corrected chi connectivity index (χ3v) is 22.1. The summed E-state index contributed by atoms with van der Waals surface area (Å²) in [4.78, 5) is 72.1. The van der Waals surface area contributed by atoms with Crippen molar-refractivity contribution < 1.29 is 60.0 Å². The fourth-order valence-electron chi connectivity index (χ4n) is 14.0. The van der Waals surface area contributed by atoms with Gasteiger partial charge in [0.25, 0.3) is 0 Å². The molecule has 558 valence electrons. The Morgan fingerprint density at radius 2 is 0.786 bits per heavy atom. The molecule has 3 atom stereocenters. The number of ketones is 1. The third kappa shape index (κ3) is 16.1. The molecule has 12 rings (SSSR count). The highest BCUT2D eigenvalue weighted by Gasteiger charge is 2.40. The number of aromatic nitrogens is 12. The summed E-state index contributed by atoms with van der Waals surface area (Å²) in [5, 5.41) is 40.2. The molecular formula is C72H99N15O13S3. The first-order valence-corrected chi connectivity index (χ1v) is 39.0. The maximum absolute atomic E-state index is 12.5. The first-order valence-electron chi connectivity index (χ1n) is 33.4. The van der Waals surface area contributed by atoms with Crippen LogP contribution in [0.5, 0.6) is 0 Å². The summed E-state index contributed by atoms with van der Waals surface area (Å²) in [6, 6.07) is 9.46. The van der Waals surface area contributed by atoms with E-state index < -0.39 is 46.7 Å². The van der Waals surface area contributed by atoms with Crippen molar-refractivity contribution in [3.8, 4) is 0 Å². The van der Waals surface area contributed by atoms with E-state index in [4.69, 9.17) is 29.7 Å². The Morgan fingerprint density at radius 3 is 1.05 bits per heavy atom. The highest BCUT2D eigenvalue weighted by molar-refractivity contribution is 7.91. The Labute approximate surface area is 603 Å². The van der Waals surface area contributed by atoms with Gasteiger partial charge in [0.15, 0.2) is 35.3 Å². The molecule has 0 radical (unpaired) electrons. The van der Waals surface area contributed by atoms with Gasteiger partial charge in [0.05, 0.1) is 102 Å². The number of nitrogens with zero attached hydrogens (tertiary/aromatic N) is 15. The zero-order valence-corrected chi connectivity index (χ0v) is 62.9. The van der Waals surface area contributed by atoms with Crippen LogP contribution < -0.4 is 14.7 Å². The number of aryl methyl sites for hydroxylation is 3. The Bertz CT molecular complexity index is 4890. The van der Waals surface area contributed by atoms with Crippen LogP contribution in [0, 0.1) is 38.5 Å². The van der Waals surface area contributed by atoms with Gasteiger partial charge in [-0.2, -0.15) is 0 Å². The molecule has 6 aromatic heterocycles. The molecule has 0 saturated heterocycles. The van der Waals surface area contributed by atoms with Crippen LogP contribution in [0.15, 0.2) is 69.7 Å². The first kappa shape index (κ1) is 80.2. The Kier molecular flexibility index (Phi) is 23.3. The van der Waals surface area contributed by atoms with Crippen molar-refractivity contribution in [2.75, 3.05) is 53.1 Å². The summed E-state index contributed by atoms with van der Waals surface area (Å²) in [7, 11) is -10.6. The monoisotopic (exact) mass is 1480 g/mol. The largest absolute Gasteiger partial charge is 0.461 e. The number of benzene rings is 3. The number of carbonyl (C=O) groups excluding carboxylic acids is 2. The van der Waals surface area contributed by atoms with E-state index in [1.54, 1.807) is 89.6 Å². The van der Waals surface area contributed by atoms with Crippen molar-refractivity contribution in [1.82, 2.24) is 58.6 Å². The predicted molar refractivity (Wildman–Crippen MR) is 395 cm³/mol. The second-order valence-corrected chi connectivity index (χ2v) is 34.4. The molecule has 3 aliphatic rings. The number of fused-ring (bicyclic) bond motifs is 9. The van der Waals surface area contributed by atoms with Crippen molar-refractivity contribution in [3.05, 3.63) is 123 Å². The van der Waals surface area contributed by atoms with Gasteiger partial charge in [-0.25, -0.2) is 70.1 Å². The lowest BCUT2D eigenvalue weighted by molar-refractivity contribution is -0.142. The minimum atomic E-state index is -3.57. The second-order valence-electron chi connectivity index (χ2n) is 28.5. The van der Waals surface area contributed by atoms with E-state index in [9.17, 15) is 55.3 Å². The van der Waals surface area contributed by atoms with Crippen LogP contribution in [0.3, 0.4) is 0 Å². The van der Waals surface area contributed by atoms with Crippen molar-refractivity contribution in [1.29, 1.82) is 0 Å². The molecule has 4 N–H and O–H groups in total. The average Bonchev–Trinajstić information content (AvgIpc) is 1.55. The van der Waals surface area contributed by atoms with Crippen LogP contribution in [-0.2, 0) is 89.7 Å². The number of anilines is 3. The summed E-state index contributed by atoms with van der Waals surface area (Å²) in [5.74, 6) is 3.99. The molecule has 103 heavy (non-hydrogen) atoms. The molecule has 28 nitrogen and oxygen atoms in total. The van der Waals surface area contributed by atoms with Crippen LogP contribution in [-0.4, -0.2) is 154 Å². The van der Waals surface area contributed by atoms with E-state index in [-0.39, 0.29) is 91.0 Å². The van der Waals surface area contributed by atoms with Gasteiger partial charge in [0.1, 0.15) is 24.1 Å². The number of hydrogen-bond donors (Lipinski definition) is 4. The molecule has 0 spiro atoms. The molecular weight excluding hydrogens is 1380 g/mol. The molecule has 9 aromatic rings. The zero-order valence-electron chi connectivity index (χ0n) is 60.4. The molecule has 31 heteroatoms. The molecule has 3 aromatic carbocycles. The normalized spacial score (nSPS) is 16.4. The Balaban J connectivity index is 0.000000194. The van der Waals surface area contributed by atoms with E-state index in [0.29, 0.717) is 118 Å². The topological polar surface area (TPSA) is 367 Å². The lowest BCUT2D eigenvalue weighted by Crippen LogP contribution is -2.42. The fraction of sp³-hybridized carbons (Fsp3) is 0.514. The van der Waals surface area contributed by atoms with Crippen LogP contribution in [0.25, 0.3) is 33.1 Å². The van der Waals surface area contributed by atoms with Gasteiger partial charge in [-0.1, -0.05) is 56.4 Å². The van der Waals surface area contributed by atoms with Crippen LogP contribution in [0.4, 0.5) is 17.8 Å². The standard InChI is InChI=1S/C24H29N5O5S.2C23H31N5O4S.2CH4/c1-13(2)22-23-27-19-9-17(12-34-16(5)31)21(35(6,32)33)10-20(19)28(23)7-8-29(22)24-25-11-18(15(4)30)14(3)26-24;2*1-13(2)20-21-26-17-9-15(12-29)19(33(6,31)32)10-18(17)27(21)7-8-28(20)22-24-11-16(14(3)25-22)23(4,5)30;;/h9-11,13,22H,7-8,12H2,1-6H3;2*9-11,13,20,29-30H,7-8,12H2,1-6H3;2*1H4/t22-;2*20-;;/m110../s1. The van der Waals surface area contributed by atoms with E-state index in [2.05, 4.69) is 85.3 Å². The maximum atomic E-state index is 12.5. The van der Waals surface area contributed by atoms with Gasteiger partial charge in [-0.05, 0) is 121 Å². The number of ether oxygens (including phenoxy) is 1. The number of hydrogen-bond acceptors (Lipinski definition) is 25. The van der Waals surface area contributed by atoms with E-state index in [0.717, 1.165) is 58.7 Å². The number of imidazole rings is 3. The molecule has 0 saturated carbocycles. The number of aliphatic hydroxyl groups excluding tert-OH is 2. The number of esters is 1. The summed E-state index contributed by atoms with van der Waals surface area (Å²) in [6.07, 6.45) is 8.36. The molecule has 0 amide bonds. The number of aliphatic hydroxyl groups is 4. The van der Waals surface area contributed by atoms with E-state index in [1.807, 2.05) is 18.4 Å². The van der Waals surface area contributed by atoms with Crippen LogP contribution in [0.2, 0.25) is 0 Å². The molecule has 0 unspecified atom stereocenters. The number of carbonyl (C=O) groups is 2. The Morgan fingerprint density at radius 1 is 0.485 bits per heavy atom. The first-order chi connectivity index (χ1) is 47.0. The van der Waals surface area contributed by atoms with Crippen molar-refractivity contribution >= 4 is 92.2 Å². The lowest BCUT2D eigenvalue weighted by Gasteiger charge is -2.38. The highest BCUT2D eigenvalue weighted by Crippen LogP contribution is 2.42. The van der Waals surface area contributed by atoms with Crippen molar-refractivity contribution in [2.45, 2.75) is 202 Å². The minimum Gasteiger partial charge on any atom is -0.461 e. The van der Waals surface area contributed by atoms with E-state index in [1.165, 1.54) is 13.8 Å². The number of rotatable bonds is 16. The average molecular weight is 1480 g/mol. The molecule has 0 aliphatic carbocycles. The van der Waals surface area contributed by atoms with Gasteiger partial charge in [-0.3, -0.25) is 9.59 Å². The third-order valence-electron chi connectivity index (χ3n) is 18.6. The van der Waals surface area contributed by atoms with Gasteiger partial charge >= 0.3 is 5.97 Å². The Hall–Kier alpha value is -8.46. The second kappa shape index (κ2) is 30.0. The van der Waals surface area contributed by atoms with Gasteiger partial charge in [0, 0.05) is 112 Å². The van der Waals surface area contributed by atoms with E-state index >= 15 is 0 Å². The molecule has 0 fully saturated rings. The highest BCUT2D eigenvalue weighted by atomic mass is 32.2. The fourth-order valence-corrected chi connectivity index (χ4v) is 16.8. The van der Waals surface area contributed by atoms with Gasteiger partial charge in [-0.15, -0.1) is 0 Å². The molecule has 9 heterocycles. The van der Waals surface area contributed by atoms with Crippen LogP contribution >= 0.6 is 0 Å². The lowest BCUT2D eigenvalue weighted by atomic mass is 9.98. The SMILES string of the molecule is C.C.CC(=O)OCc1cc2nc3n(c2cc1S(C)(=O)=O)CCN(c1ncc(C(C)=O)c(C)n1)[C@@H]3C(C)C.Cc1nc(N2CCn3c(nc4cc(CO)c(S(C)(=O)=O)cc43)[C@@H]2C(C)C)ncc1C(C)(C)O.Cc1nc(N2CCn3c(nc4cc(CO)c(S(C)(=O)=O)cc43)[C@H]2C(C)C)ncc1C(C)(C)O. The van der Waals surface area contributed by atoms with Crippen LogP contribution in [0.1, 0.15) is 189 Å². The summed E-state index contributed by atoms with van der Waals surface area (Å²) < 4.78 is 85.5. The smallest absolute Gasteiger partial charge is 0.302 e. The maximum Gasteiger partial charge on any atom is 0.302 e. The summed E-state index contributed by atoms with van der Waals surface area (Å²) >= 11 is 0. The zero-order chi connectivity index (χ0) is 74.2. The van der Waals surface area contributed by atoms with Gasteiger partial charge in [0.2, 0.25) is 17.8 Å². The molecule has 0 bridgehead atoms. The van der Waals surface area contributed by atoms with Crippen molar-refractivity contribution in [3.63, 3.8) is 0 Å². The van der Waals surface area contributed by atoms with Gasteiger partial charge < -0.3 is 53.6 Å². The predicted octanol–water partition coefficient (Wildman–Crippen LogP) is 9.24. The number of sulfone groups is 3. The minimum absolute atomic E-state index is 0. The van der Waals surface area contributed by atoms with Crippen molar-refractivity contribution in [2.24, 2.45) is 17.8 Å².